The Morgan fingerprint density at radius 2 is 1.79 bits per heavy atom. The Hall–Kier alpha value is -3.09. The average molecular weight is 382 g/mol. The standard InChI is InChI=1S/C21H18O7/c1-23-19-13-5-10-7-24-21(22)16(10)17(12(13)6-15-20(19)28-9-26-15)11-3-2-4-14-18(11)27-8-25-14/h2-4,6,10,16-17H,5,7-9H2,1H3/t10-,16-,17+/m0/s1. The lowest BCUT2D eigenvalue weighted by Crippen LogP contribution is -2.32. The molecule has 0 saturated carbocycles. The number of carbonyl (C=O) groups is 1. The molecule has 3 heterocycles. The van der Waals surface area contributed by atoms with Crippen molar-refractivity contribution in [2.75, 3.05) is 27.3 Å². The highest BCUT2D eigenvalue weighted by molar-refractivity contribution is 5.79. The molecule has 7 nitrogen and oxygen atoms in total. The molecule has 0 spiro atoms. The van der Waals surface area contributed by atoms with Gasteiger partial charge in [-0.1, -0.05) is 12.1 Å². The number of hydrogen-bond acceptors (Lipinski definition) is 7. The Morgan fingerprint density at radius 1 is 0.964 bits per heavy atom. The zero-order valence-electron chi connectivity index (χ0n) is 15.2. The Balaban J connectivity index is 1.62. The van der Waals surface area contributed by atoms with Gasteiger partial charge in [0.05, 0.1) is 19.6 Å². The number of esters is 1. The lowest BCUT2D eigenvalue weighted by Gasteiger charge is -2.34. The predicted octanol–water partition coefficient (Wildman–Crippen LogP) is 2.63. The van der Waals surface area contributed by atoms with E-state index < -0.39 is 0 Å². The first-order valence-electron chi connectivity index (χ1n) is 9.30. The van der Waals surface area contributed by atoms with Gasteiger partial charge in [0.1, 0.15) is 0 Å². The number of carbonyl (C=O) groups excluding carboxylic acids is 1. The van der Waals surface area contributed by atoms with Crippen LogP contribution in [0, 0.1) is 11.8 Å². The molecule has 0 bridgehead atoms. The fourth-order valence-electron chi connectivity index (χ4n) is 4.96. The van der Waals surface area contributed by atoms with E-state index in [1.54, 1.807) is 7.11 Å². The SMILES string of the molecule is COc1c2c(cc3c1OCO3)[C@@H](c1cccc3c1OCO3)[C@H]1C(=O)OC[C@@H]1C2. The molecule has 3 atom stereocenters. The topological polar surface area (TPSA) is 72.5 Å². The molecule has 4 aliphatic rings. The zero-order chi connectivity index (χ0) is 18.8. The minimum absolute atomic E-state index is 0.0671. The first-order valence-corrected chi connectivity index (χ1v) is 9.30. The molecule has 0 amide bonds. The average Bonchev–Trinajstić information content (AvgIpc) is 3.44. The van der Waals surface area contributed by atoms with Gasteiger partial charge in [0.25, 0.3) is 0 Å². The van der Waals surface area contributed by atoms with Gasteiger partial charge in [-0.3, -0.25) is 4.79 Å². The molecule has 2 aromatic rings. The normalized spacial score (nSPS) is 25.9. The molecule has 1 aliphatic carbocycles. The Bertz CT molecular complexity index is 999. The quantitative estimate of drug-likeness (QED) is 0.740. The molecule has 3 aliphatic heterocycles. The smallest absolute Gasteiger partial charge is 0.310 e. The number of fused-ring (bicyclic) bond motifs is 4. The van der Waals surface area contributed by atoms with E-state index in [-0.39, 0.29) is 37.3 Å². The number of cyclic esters (lactones) is 1. The molecule has 1 fully saturated rings. The first-order chi connectivity index (χ1) is 13.8. The molecule has 2 aromatic carbocycles. The summed E-state index contributed by atoms with van der Waals surface area (Å²) in [5.41, 5.74) is 2.95. The van der Waals surface area contributed by atoms with Gasteiger partial charge in [0.15, 0.2) is 23.0 Å². The van der Waals surface area contributed by atoms with Crippen molar-refractivity contribution in [1.82, 2.24) is 0 Å². The van der Waals surface area contributed by atoms with Crippen LogP contribution in [0.4, 0.5) is 0 Å². The van der Waals surface area contributed by atoms with Crippen LogP contribution in [0.1, 0.15) is 22.6 Å². The van der Waals surface area contributed by atoms with E-state index in [1.165, 1.54) is 0 Å². The van der Waals surface area contributed by atoms with Crippen molar-refractivity contribution in [2.24, 2.45) is 11.8 Å². The van der Waals surface area contributed by atoms with Crippen LogP contribution in [0.15, 0.2) is 24.3 Å². The number of methoxy groups -OCH3 is 1. The fraction of sp³-hybridized carbons (Fsp3) is 0.381. The lowest BCUT2D eigenvalue weighted by atomic mass is 9.67. The second-order valence-electron chi connectivity index (χ2n) is 7.39. The maximum absolute atomic E-state index is 12.7. The van der Waals surface area contributed by atoms with Gasteiger partial charge in [-0.05, 0) is 24.1 Å². The Kier molecular flexibility index (Phi) is 3.24. The van der Waals surface area contributed by atoms with E-state index in [2.05, 4.69) is 0 Å². The number of benzene rings is 2. The number of ether oxygens (including phenoxy) is 6. The molecule has 0 aromatic heterocycles. The molecule has 0 radical (unpaired) electrons. The van der Waals surface area contributed by atoms with Crippen LogP contribution in [0.3, 0.4) is 0 Å². The van der Waals surface area contributed by atoms with E-state index in [0.29, 0.717) is 41.8 Å². The second-order valence-corrected chi connectivity index (χ2v) is 7.39. The van der Waals surface area contributed by atoms with Crippen molar-refractivity contribution in [1.29, 1.82) is 0 Å². The largest absolute Gasteiger partial charge is 0.492 e. The van der Waals surface area contributed by atoms with E-state index in [0.717, 1.165) is 16.7 Å². The summed E-state index contributed by atoms with van der Waals surface area (Å²) in [6.45, 7) is 0.740. The molecular formula is C21H18O7. The van der Waals surface area contributed by atoms with Crippen LogP contribution in [0.2, 0.25) is 0 Å². The summed E-state index contributed by atoms with van der Waals surface area (Å²) >= 11 is 0. The van der Waals surface area contributed by atoms with Gasteiger partial charge in [0.2, 0.25) is 19.3 Å². The van der Waals surface area contributed by atoms with Gasteiger partial charge in [-0.15, -0.1) is 0 Å². The molecule has 28 heavy (non-hydrogen) atoms. The molecule has 1 saturated heterocycles. The van der Waals surface area contributed by atoms with Crippen LogP contribution in [0.5, 0.6) is 28.7 Å². The van der Waals surface area contributed by atoms with Crippen molar-refractivity contribution in [3.63, 3.8) is 0 Å². The number of hydrogen-bond donors (Lipinski definition) is 0. The van der Waals surface area contributed by atoms with E-state index in [4.69, 9.17) is 28.4 Å². The molecule has 0 unspecified atom stereocenters. The van der Waals surface area contributed by atoms with E-state index in [1.807, 2.05) is 24.3 Å². The highest BCUT2D eigenvalue weighted by Gasteiger charge is 2.50. The van der Waals surface area contributed by atoms with Gasteiger partial charge < -0.3 is 28.4 Å². The van der Waals surface area contributed by atoms with E-state index >= 15 is 0 Å². The van der Waals surface area contributed by atoms with Gasteiger partial charge in [0, 0.05) is 23.0 Å². The Labute approximate surface area is 161 Å². The molecule has 6 rings (SSSR count). The zero-order valence-corrected chi connectivity index (χ0v) is 15.2. The van der Waals surface area contributed by atoms with Crippen LogP contribution < -0.4 is 23.7 Å². The van der Waals surface area contributed by atoms with Gasteiger partial charge in [-0.25, -0.2) is 0 Å². The highest BCUT2D eigenvalue weighted by atomic mass is 16.7. The highest BCUT2D eigenvalue weighted by Crippen LogP contribution is 2.56. The summed E-state index contributed by atoms with van der Waals surface area (Å²) in [6, 6.07) is 7.77. The maximum atomic E-state index is 12.7. The molecule has 7 heteroatoms. The van der Waals surface area contributed by atoms with E-state index in [9.17, 15) is 4.79 Å². The van der Waals surface area contributed by atoms with Crippen molar-refractivity contribution < 1.29 is 33.2 Å². The summed E-state index contributed by atoms with van der Waals surface area (Å²) in [4.78, 5) is 12.7. The minimum atomic E-state index is -0.284. The van der Waals surface area contributed by atoms with Crippen LogP contribution in [-0.2, 0) is 16.0 Å². The van der Waals surface area contributed by atoms with Crippen LogP contribution in [-0.4, -0.2) is 33.3 Å². The van der Waals surface area contributed by atoms with Crippen LogP contribution >= 0.6 is 0 Å². The third-order valence-electron chi connectivity index (χ3n) is 6.10. The first kappa shape index (κ1) is 15.9. The van der Waals surface area contributed by atoms with Crippen molar-refractivity contribution in [3.8, 4) is 28.7 Å². The summed E-state index contributed by atoms with van der Waals surface area (Å²) in [5.74, 6) is 2.70. The fourth-order valence-corrected chi connectivity index (χ4v) is 4.96. The predicted molar refractivity (Wildman–Crippen MR) is 95.2 cm³/mol. The van der Waals surface area contributed by atoms with Gasteiger partial charge >= 0.3 is 5.97 Å². The summed E-state index contributed by atoms with van der Waals surface area (Å²) in [5, 5.41) is 0. The summed E-state index contributed by atoms with van der Waals surface area (Å²) in [6.07, 6.45) is 0.689. The monoisotopic (exact) mass is 382 g/mol. The van der Waals surface area contributed by atoms with Crippen molar-refractivity contribution in [3.05, 3.63) is 41.0 Å². The third-order valence-corrected chi connectivity index (χ3v) is 6.10. The molecular weight excluding hydrogens is 364 g/mol. The van der Waals surface area contributed by atoms with Crippen molar-refractivity contribution in [2.45, 2.75) is 12.3 Å². The minimum Gasteiger partial charge on any atom is -0.492 e. The molecule has 144 valence electrons. The third kappa shape index (κ3) is 2.01. The van der Waals surface area contributed by atoms with Crippen molar-refractivity contribution >= 4 is 5.97 Å². The molecule has 0 N–H and O–H groups in total. The maximum Gasteiger partial charge on any atom is 0.310 e. The summed E-state index contributed by atoms with van der Waals surface area (Å²) in [7, 11) is 1.63. The second kappa shape index (κ2) is 5.70. The van der Waals surface area contributed by atoms with Gasteiger partial charge in [-0.2, -0.15) is 0 Å². The lowest BCUT2D eigenvalue weighted by molar-refractivity contribution is -0.141. The summed E-state index contributed by atoms with van der Waals surface area (Å²) < 4.78 is 33.8. The van der Waals surface area contributed by atoms with Crippen LogP contribution in [0.25, 0.3) is 0 Å². The Morgan fingerprint density at radius 3 is 2.64 bits per heavy atom. The number of para-hydroxylation sites is 1. The number of rotatable bonds is 2.